The number of nitrogens with one attached hydrogen (secondary N) is 1. The van der Waals surface area contributed by atoms with Gasteiger partial charge in [0.25, 0.3) is 0 Å². The molecule has 3 heterocycles. The summed E-state index contributed by atoms with van der Waals surface area (Å²) < 4.78 is 0. The van der Waals surface area contributed by atoms with Crippen molar-refractivity contribution in [3.8, 4) is 0 Å². The van der Waals surface area contributed by atoms with E-state index in [9.17, 15) is 4.79 Å². The van der Waals surface area contributed by atoms with Crippen molar-refractivity contribution in [3.63, 3.8) is 0 Å². The van der Waals surface area contributed by atoms with Crippen LogP contribution in [-0.4, -0.2) is 44.9 Å². The topological polar surface area (TPSA) is 71.0 Å². The summed E-state index contributed by atoms with van der Waals surface area (Å²) in [7, 11) is 0. The first-order valence-corrected chi connectivity index (χ1v) is 7.88. The van der Waals surface area contributed by atoms with Gasteiger partial charge in [-0.1, -0.05) is 6.92 Å². The van der Waals surface area contributed by atoms with E-state index in [0.29, 0.717) is 24.0 Å². The van der Waals surface area contributed by atoms with Gasteiger partial charge in [0, 0.05) is 31.7 Å². The second-order valence-electron chi connectivity index (χ2n) is 5.57. The minimum atomic E-state index is 0.295. The van der Waals surface area contributed by atoms with Crippen molar-refractivity contribution in [1.82, 2.24) is 19.9 Å². The Balaban J connectivity index is 1.63. The van der Waals surface area contributed by atoms with Crippen LogP contribution in [0.4, 0.5) is 5.82 Å². The second kappa shape index (κ2) is 6.68. The highest BCUT2D eigenvalue weighted by Gasteiger charge is 2.26. The summed E-state index contributed by atoms with van der Waals surface area (Å²) in [6, 6.07) is 4.16. The summed E-state index contributed by atoms with van der Waals surface area (Å²) in [4.78, 5) is 26.6. The average molecular weight is 299 g/mol. The number of likely N-dealkylation sites (tertiary alicyclic amines) is 1. The molecule has 0 aliphatic carbocycles. The number of hydrogen-bond donors (Lipinski definition) is 1. The van der Waals surface area contributed by atoms with Gasteiger partial charge in [-0.2, -0.15) is 0 Å². The van der Waals surface area contributed by atoms with Gasteiger partial charge in [0.1, 0.15) is 12.1 Å². The van der Waals surface area contributed by atoms with Gasteiger partial charge in [0.15, 0.2) is 5.65 Å². The van der Waals surface area contributed by atoms with Crippen LogP contribution >= 0.6 is 0 Å². The maximum absolute atomic E-state index is 11.9. The predicted molar refractivity (Wildman–Crippen MR) is 85.5 cm³/mol. The molecule has 116 valence electrons. The Hall–Kier alpha value is -2.24. The Bertz CT molecular complexity index is 655. The number of carbonyl (C=O) groups excluding carboxylic acids is 1. The van der Waals surface area contributed by atoms with Gasteiger partial charge in [-0.15, -0.1) is 0 Å². The molecule has 0 aromatic carbocycles. The average Bonchev–Trinajstić information content (AvgIpc) is 2.98. The molecule has 6 heteroatoms. The molecule has 0 saturated carbocycles. The summed E-state index contributed by atoms with van der Waals surface area (Å²) >= 11 is 0. The molecule has 3 rings (SSSR count). The number of rotatable bonds is 6. The van der Waals surface area contributed by atoms with E-state index < -0.39 is 0 Å². The van der Waals surface area contributed by atoms with Crippen LogP contribution in [0.2, 0.25) is 0 Å². The molecule has 0 spiro atoms. The van der Waals surface area contributed by atoms with Crippen molar-refractivity contribution in [2.75, 3.05) is 18.4 Å². The van der Waals surface area contributed by atoms with Crippen molar-refractivity contribution < 1.29 is 4.79 Å². The second-order valence-corrected chi connectivity index (χ2v) is 5.57. The third-order valence-electron chi connectivity index (χ3n) is 4.20. The molecular formula is C16H21N5O. The lowest BCUT2D eigenvalue weighted by atomic mass is 10.1. The highest BCUT2D eigenvalue weighted by molar-refractivity contribution is 5.85. The zero-order valence-electron chi connectivity index (χ0n) is 12.8. The molecule has 2 aromatic heterocycles. The fraction of sp³-hybridized carbons (Fsp3) is 0.500. The fourth-order valence-corrected chi connectivity index (χ4v) is 3.03. The minimum absolute atomic E-state index is 0.295. The Labute approximate surface area is 130 Å². The number of aromatic nitrogens is 3. The van der Waals surface area contributed by atoms with Crippen molar-refractivity contribution in [2.24, 2.45) is 0 Å². The maximum Gasteiger partial charge on any atom is 0.222 e. The number of hydrogen-bond acceptors (Lipinski definition) is 5. The molecule has 1 amide bonds. The van der Waals surface area contributed by atoms with Crippen molar-refractivity contribution in [1.29, 1.82) is 0 Å². The zero-order chi connectivity index (χ0) is 15.4. The van der Waals surface area contributed by atoms with Crippen LogP contribution in [0, 0.1) is 0 Å². The van der Waals surface area contributed by atoms with Crippen LogP contribution in [0.3, 0.4) is 0 Å². The molecule has 0 bridgehead atoms. The van der Waals surface area contributed by atoms with Gasteiger partial charge in [0.05, 0.1) is 5.39 Å². The quantitative estimate of drug-likeness (QED) is 0.885. The van der Waals surface area contributed by atoms with E-state index in [1.165, 1.54) is 6.33 Å². The predicted octanol–water partition coefficient (Wildman–Crippen LogP) is 2.23. The van der Waals surface area contributed by atoms with Crippen molar-refractivity contribution in [2.45, 2.75) is 38.6 Å². The lowest BCUT2D eigenvalue weighted by Crippen LogP contribution is -2.37. The highest BCUT2D eigenvalue weighted by atomic mass is 16.2. The Kier molecular flexibility index (Phi) is 4.46. The molecule has 1 fully saturated rings. The Morgan fingerprint density at radius 2 is 2.27 bits per heavy atom. The molecule has 1 aliphatic heterocycles. The fourth-order valence-electron chi connectivity index (χ4n) is 3.03. The lowest BCUT2D eigenvalue weighted by molar-refractivity contribution is -0.129. The van der Waals surface area contributed by atoms with Crippen molar-refractivity contribution >= 4 is 22.8 Å². The maximum atomic E-state index is 11.9. The number of carbonyl (C=O) groups is 1. The number of pyridine rings is 1. The molecule has 22 heavy (non-hydrogen) atoms. The molecule has 6 nitrogen and oxygen atoms in total. The van der Waals surface area contributed by atoms with E-state index in [-0.39, 0.29) is 0 Å². The van der Waals surface area contributed by atoms with Crippen molar-refractivity contribution in [3.05, 3.63) is 24.7 Å². The van der Waals surface area contributed by atoms with E-state index in [1.807, 2.05) is 17.0 Å². The molecule has 1 saturated heterocycles. The van der Waals surface area contributed by atoms with Gasteiger partial charge in [0.2, 0.25) is 5.91 Å². The third-order valence-corrected chi connectivity index (χ3v) is 4.20. The smallest absolute Gasteiger partial charge is 0.222 e. The third kappa shape index (κ3) is 3.00. The SMILES string of the molecule is CC[C@H](CCNc1ncnc2ncccc12)N1CCCC1=O. The summed E-state index contributed by atoms with van der Waals surface area (Å²) in [5.74, 6) is 1.10. The summed E-state index contributed by atoms with van der Waals surface area (Å²) in [6.45, 7) is 3.82. The monoisotopic (exact) mass is 299 g/mol. The van der Waals surface area contributed by atoms with Crippen LogP contribution in [0.15, 0.2) is 24.7 Å². The van der Waals surface area contributed by atoms with Gasteiger partial charge in [-0.05, 0) is 31.4 Å². The zero-order valence-corrected chi connectivity index (χ0v) is 12.8. The molecule has 2 aromatic rings. The molecular weight excluding hydrogens is 278 g/mol. The van der Waals surface area contributed by atoms with Crippen LogP contribution in [-0.2, 0) is 4.79 Å². The number of fused-ring (bicyclic) bond motifs is 1. The van der Waals surface area contributed by atoms with E-state index >= 15 is 0 Å². The summed E-state index contributed by atoms with van der Waals surface area (Å²) in [5.41, 5.74) is 0.696. The Morgan fingerprint density at radius 1 is 1.36 bits per heavy atom. The highest BCUT2D eigenvalue weighted by Crippen LogP contribution is 2.20. The summed E-state index contributed by atoms with van der Waals surface area (Å²) in [5, 5.41) is 4.29. The molecule has 0 unspecified atom stereocenters. The normalized spacial score (nSPS) is 16.2. The van der Waals surface area contributed by atoms with Gasteiger partial charge in [-0.25, -0.2) is 15.0 Å². The largest absolute Gasteiger partial charge is 0.369 e. The molecule has 1 aliphatic rings. The number of anilines is 1. The molecule has 1 N–H and O–H groups in total. The van der Waals surface area contributed by atoms with Gasteiger partial charge < -0.3 is 10.2 Å². The van der Waals surface area contributed by atoms with E-state index in [0.717, 1.165) is 43.6 Å². The number of nitrogens with zero attached hydrogens (tertiary/aromatic N) is 4. The van der Waals surface area contributed by atoms with Gasteiger partial charge in [-0.3, -0.25) is 4.79 Å². The van der Waals surface area contributed by atoms with Crippen LogP contribution in [0.25, 0.3) is 11.0 Å². The van der Waals surface area contributed by atoms with E-state index in [2.05, 4.69) is 27.2 Å². The first-order chi connectivity index (χ1) is 10.8. The van der Waals surface area contributed by atoms with Crippen LogP contribution in [0.1, 0.15) is 32.6 Å². The van der Waals surface area contributed by atoms with Crippen LogP contribution in [0.5, 0.6) is 0 Å². The standard InChI is InChI=1S/C16H21N5O/c1-2-12(21-10-4-6-14(21)22)7-9-18-16-13-5-3-8-17-15(13)19-11-20-16/h3,5,8,11-12H,2,4,6-7,9-10H2,1H3,(H,17,18,19,20)/t12-/m1/s1. The van der Waals surface area contributed by atoms with Crippen LogP contribution < -0.4 is 5.32 Å². The number of amides is 1. The molecule has 1 atom stereocenters. The lowest BCUT2D eigenvalue weighted by Gasteiger charge is -2.27. The summed E-state index contributed by atoms with van der Waals surface area (Å²) in [6.07, 6.45) is 6.86. The Morgan fingerprint density at radius 3 is 3.05 bits per heavy atom. The first-order valence-electron chi connectivity index (χ1n) is 7.88. The first kappa shape index (κ1) is 14.7. The minimum Gasteiger partial charge on any atom is -0.369 e. The van der Waals surface area contributed by atoms with E-state index in [1.54, 1.807) is 6.20 Å². The molecule has 0 radical (unpaired) electrons. The van der Waals surface area contributed by atoms with E-state index in [4.69, 9.17) is 0 Å². The van der Waals surface area contributed by atoms with Gasteiger partial charge >= 0.3 is 0 Å².